The number of anilines is 1. The predicted octanol–water partition coefficient (Wildman–Crippen LogP) is -0.305. The van der Waals surface area contributed by atoms with Crippen molar-refractivity contribution in [3.8, 4) is 0 Å². The van der Waals surface area contributed by atoms with E-state index in [1.165, 1.54) is 0 Å². The predicted molar refractivity (Wildman–Crippen MR) is 65.4 cm³/mol. The van der Waals surface area contributed by atoms with Gasteiger partial charge < -0.3 is 15.7 Å². The molecule has 0 radical (unpaired) electrons. The molecule has 6 nitrogen and oxygen atoms in total. The number of carbonyl (C=O) groups is 1. The second-order valence-electron chi connectivity index (χ2n) is 5.31. The molecule has 3 unspecified atom stereocenters. The Labute approximate surface area is 105 Å². The molecule has 3 rings (SSSR count). The molecule has 0 spiro atoms. The minimum Gasteiger partial charge on any atom is -0.393 e. The van der Waals surface area contributed by atoms with Crippen LogP contribution in [-0.2, 0) is 11.3 Å². The number of amides is 1. The van der Waals surface area contributed by atoms with E-state index in [0.29, 0.717) is 18.3 Å². The Morgan fingerprint density at radius 3 is 3.00 bits per heavy atom. The first-order valence-electron chi connectivity index (χ1n) is 6.38. The van der Waals surface area contributed by atoms with E-state index in [9.17, 15) is 9.90 Å². The Bertz CT molecular complexity index is 459. The second-order valence-corrected chi connectivity index (χ2v) is 5.31. The van der Waals surface area contributed by atoms with Crippen molar-refractivity contribution in [3.63, 3.8) is 0 Å². The summed E-state index contributed by atoms with van der Waals surface area (Å²) in [4.78, 5) is 13.9. The number of aromatic nitrogens is 2. The van der Waals surface area contributed by atoms with Crippen molar-refractivity contribution in [2.24, 2.45) is 11.8 Å². The van der Waals surface area contributed by atoms with E-state index in [2.05, 4.69) is 5.10 Å². The van der Waals surface area contributed by atoms with Crippen LogP contribution in [0, 0.1) is 11.8 Å². The Morgan fingerprint density at radius 2 is 2.33 bits per heavy atom. The molecule has 6 heteroatoms. The first-order chi connectivity index (χ1) is 8.63. The SMILES string of the molecule is Nc1ccn(CC(=O)N2CC3CCC(O)C3C2)n1. The third-order valence-electron chi connectivity index (χ3n) is 4.13. The molecule has 1 saturated heterocycles. The van der Waals surface area contributed by atoms with E-state index in [4.69, 9.17) is 5.73 Å². The van der Waals surface area contributed by atoms with Gasteiger partial charge in [-0.05, 0) is 24.8 Å². The van der Waals surface area contributed by atoms with Crippen molar-refractivity contribution < 1.29 is 9.90 Å². The molecule has 1 amide bonds. The highest BCUT2D eigenvalue weighted by molar-refractivity contribution is 5.76. The monoisotopic (exact) mass is 250 g/mol. The lowest BCUT2D eigenvalue weighted by Crippen LogP contribution is -2.33. The van der Waals surface area contributed by atoms with Crippen LogP contribution in [-0.4, -0.2) is 44.9 Å². The lowest BCUT2D eigenvalue weighted by Gasteiger charge is -2.18. The van der Waals surface area contributed by atoms with Gasteiger partial charge in [0.25, 0.3) is 0 Å². The van der Waals surface area contributed by atoms with Gasteiger partial charge in [0.1, 0.15) is 12.4 Å². The van der Waals surface area contributed by atoms with E-state index in [-0.39, 0.29) is 24.5 Å². The first kappa shape index (κ1) is 11.5. The van der Waals surface area contributed by atoms with Crippen molar-refractivity contribution in [1.82, 2.24) is 14.7 Å². The smallest absolute Gasteiger partial charge is 0.244 e. The Balaban J connectivity index is 1.61. The number of nitrogen functional groups attached to an aromatic ring is 1. The quantitative estimate of drug-likeness (QED) is 0.754. The number of hydrogen-bond acceptors (Lipinski definition) is 4. The maximum Gasteiger partial charge on any atom is 0.244 e. The zero-order valence-electron chi connectivity index (χ0n) is 10.2. The largest absolute Gasteiger partial charge is 0.393 e. The van der Waals surface area contributed by atoms with Gasteiger partial charge in [0.2, 0.25) is 5.91 Å². The molecule has 1 aliphatic carbocycles. The van der Waals surface area contributed by atoms with Crippen LogP contribution in [0.15, 0.2) is 12.3 Å². The van der Waals surface area contributed by atoms with Crippen LogP contribution in [0.25, 0.3) is 0 Å². The van der Waals surface area contributed by atoms with Crippen LogP contribution in [0.1, 0.15) is 12.8 Å². The third kappa shape index (κ3) is 1.96. The molecule has 2 heterocycles. The molecule has 1 saturated carbocycles. The van der Waals surface area contributed by atoms with E-state index >= 15 is 0 Å². The minimum atomic E-state index is -0.229. The van der Waals surface area contributed by atoms with Gasteiger partial charge in [-0.3, -0.25) is 9.48 Å². The van der Waals surface area contributed by atoms with Gasteiger partial charge >= 0.3 is 0 Å². The number of rotatable bonds is 2. The van der Waals surface area contributed by atoms with Crippen molar-refractivity contribution in [2.45, 2.75) is 25.5 Å². The Kier molecular flexibility index (Phi) is 2.74. The van der Waals surface area contributed by atoms with Crippen molar-refractivity contribution in [2.75, 3.05) is 18.8 Å². The molecule has 2 aliphatic rings. The van der Waals surface area contributed by atoms with Gasteiger partial charge in [0.15, 0.2) is 0 Å². The number of nitrogens with zero attached hydrogens (tertiary/aromatic N) is 3. The van der Waals surface area contributed by atoms with Crippen LogP contribution in [0.3, 0.4) is 0 Å². The maximum absolute atomic E-state index is 12.1. The van der Waals surface area contributed by atoms with Crippen LogP contribution >= 0.6 is 0 Å². The fourth-order valence-electron chi connectivity index (χ4n) is 3.14. The number of aliphatic hydroxyl groups is 1. The molecule has 1 aromatic heterocycles. The standard InChI is InChI=1S/C12H18N4O2/c13-11-3-4-16(14-11)7-12(18)15-5-8-1-2-10(17)9(8)6-15/h3-4,8-10,17H,1-2,5-7H2,(H2,13,14). The summed E-state index contributed by atoms with van der Waals surface area (Å²) < 4.78 is 1.56. The lowest BCUT2D eigenvalue weighted by molar-refractivity contribution is -0.131. The van der Waals surface area contributed by atoms with Crippen molar-refractivity contribution in [3.05, 3.63) is 12.3 Å². The molecule has 18 heavy (non-hydrogen) atoms. The highest BCUT2D eigenvalue weighted by Gasteiger charge is 2.43. The summed E-state index contributed by atoms with van der Waals surface area (Å²) in [5, 5.41) is 13.8. The molecular formula is C12H18N4O2. The van der Waals surface area contributed by atoms with Crippen LogP contribution in [0.2, 0.25) is 0 Å². The molecule has 3 N–H and O–H groups in total. The van der Waals surface area contributed by atoms with Crippen molar-refractivity contribution >= 4 is 11.7 Å². The van der Waals surface area contributed by atoms with Crippen LogP contribution in [0.4, 0.5) is 5.82 Å². The Morgan fingerprint density at radius 1 is 1.50 bits per heavy atom. The summed E-state index contributed by atoms with van der Waals surface area (Å²) in [7, 11) is 0. The van der Waals surface area contributed by atoms with Gasteiger partial charge in [-0.1, -0.05) is 0 Å². The van der Waals surface area contributed by atoms with E-state index in [1.807, 2.05) is 4.90 Å². The molecular weight excluding hydrogens is 232 g/mol. The number of carbonyl (C=O) groups excluding carboxylic acids is 1. The summed E-state index contributed by atoms with van der Waals surface area (Å²) >= 11 is 0. The zero-order chi connectivity index (χ0) is 12.7. The molecule has 0 bridgehead atoms. The average molecular weight is 250 g/mol. The van der Waals surface area contributed by atoms with E-state index in [0.717, 1.165) is 19.4 Å². The average Bonchev–Trinajstić information content (AvgIpc) is 2.98. The third-order valence-corrected chi connectivity index (χ3v) is 4.13. The first-order valence-corrected chi connectivity index (χ1v) is 6.38. The summed E-state index contributed by atoms with van der Waals surface area (Å²) in [6, 6.07) is 1.68. The summed E-state index contributed by atoms with van der Waals surface area (Å²) in [6.45, 7) is 1.69. The van der Waals surface area contributed by atoms with Gasteiger partial charge in [-0.25, -0.2) is 0 Å². The molecule has 1 aromatic rings. The fourth-order valence-corrected chi connectivity index (χ4v) is 3.14. The second kappa shape index (κ2) is 4.28. The molecule has 2 fully saturated rings. The molecule has 0 aromatic carbocycles. The van der Waals surface area contributed by atoms with Gasteiger partial charge in [-0.2, -0.15) is 5.10 Å². The Hall–Kier alpha value is -1.56. The number of hydrogen-bond donors (Lipinski definition) is 2. The molecule has 1 aliphatic heterocycles. The number of nitrogens with two attached hydrogens (primary N) is 1. The van der Waals surface area contributed by atoms with Crippen molar-refractivity contribution in [1.29, 1.82) is 0 Å². The topological polar surface area (TPSA) is 84.4 Å². The van der Waals surface area contributed by atoms with Crippen LogP contribution in [0.5, 0.6) is 0 Å². The normalized spacial score (nSPS) is 30.7. The zero-order valence-corrected chi connectivity index (χ0v) is 10.2. The van der Waals surface area contributed by atoms with Crippen LogP contribution < -0.4 is 5.73 Å². The highest BCUT2D eigenvalue weighted by atomic mass is 16.3. The van der Waals surface area contributed by atoms with E-state index < -0.39 is 0 Å². The fraction of sp³-hybridized carbons (Fsp3) is 0.667. The summed E-state index contributed by atoms with van der Waals surface area (Å²) in [5.74, 6) is 1.24. The van der Waals surface area contributed by atoms with Gasteiger partial charge in [0, 0.05) is 25.2 Å². The lowest BCUT2D eigenvalue weighted by atomic mass is 10.00. The van der Waals surface area contributed by atoms with Gasteiger partial charge in [-0.15, -0.1) is 0 Å². The minimum absolute atomic E-state index is 0.0553. The highest BCUT2D eigenvalue weighted by Crippen LogP contribution is 2.38. The molecule has 98 valence electrons. The summed E-state index contributed by atoms with van der Waals surface area (Å²) in [6.07, 6.45) is 3.39. The number of likely N-dealkylation sites (tertiary alicyclic amines) is 1. The number of fused-ring (bicyclic) bond motifs is 1. The molecule has 3 atom stereocenters. The summed E-state index contributed by atoms with van der Waals surface area (Å²) in [5.41, 5.74) is 5.51. The van der Waals surface area contributed by atoms with E-state index in [1.54, 1.807) is 16.9 Å². The van der Waals surface area contributed by atoms with Gasteiger partial charge in [0.05, 0.1) is 6.10 Å². The number of aliphatic hydroxyl groups excluding tert-OH is 1. The maximum atomic E-state index is 12.1.